The summed E-state index contributed by atoms with van der Waals surface area (Å²) in [6, 6.07) is -1.24. The molecule has 0 aliphatic carbocycles. The zero-order valence-corrected chi connectivity index (χ0v) is 8.51. The first kappa shape index (κ1) is 12.3. The first-order valence-corrected chi connectivity index (χ1v) is 5.66. The fourth-order valence-corrected chi connectivity index (χ4v) is 2.42. The fourth-order valence-electron chi connectivity index (χ4n) is 1.34. The van der Waals surface area contributed by atoms with Crippen molar-refractivity contribution in [3.05, 3.63) is 0 Å². The van der Waals surface area contributed by atoms with Crippen LogP contribution in [0.4, 0.5) is 8.78 Å². The molecule has 0 bridgehead atoms. The largest absolute Gasteiger partial charge is 0.368 e. The van der Waals surface area contributed by atoms with Crippen molar-refractivity contribution in [3.63, 3.8) is 0 Å². The lowest BCUT2D eigenvalue weighted by Gasteiger charge is -2.32. The predicted octanol–water partition coefficient (Wildman–Crippen LogP) is -1.70. The van der Waals surface area contributed by atoms with Crippen molar-refractivity contribution >= 4 is 15.9 Å². The lowest BCUT2D eigenvalue weighted by molar-refractivity contribution is -0.122. The average molecular weight is 243 g/mol. The zero-order chi connectivity index (χ0) is 11.6. The highest BCUT2D eigenvalue weighted by atomic mass is 32.2. The van der Waals surface area contributed by atoms with Crippen molar-refractivity contribution in [2.75, 3.05) is 19.6 Å². The Kier molecular flexibility index (Phi) is 3.58. The van der Waals surface area contributed by atoms with Gasteiger partial charge in [0.1, 0.15) is 6.04 Å². The summed E-state index contributed by atoms with van der Waals surface area (Å²) >= 11 is 0. The number of primary amides is 1. The summed E-state index contributed by atoms with van der Waals surface area (Å²) in [4.78, 5) is 10.9. The minimum Gasteiger partial charge on any atom is -0.368 e. The molecule has 15 heavy (non-hydrogen) atoms. The summed E-state index contributed by atoms with van der Waals surface area (Å²) in [6.45, 7) is -0.00269. The number of alkyl halides is 2. The molecule has 0 aromatic carbocycles. The lowest BCUT2D eigenvalue weighted by Crippen LogP contribution is -2.59. The Morgan fingerprint density at radius 3 is 2.60 bits per heavy atom. The molecule has 3 N–H and O–H groups in total. The second-order valence-electron chi connectivity index (χ2n) is 3.04. The molecule has 0 saturated carbocycles. The first-order valence-electron chi connectivity index (χ1n) is 4.16. The molecule has 1 unspecified atom stereocenters. The molecule has 1 aliphatic rings. The Morgan fingerprint density at radius 2 is 2.13 bits per heavy atom. The monoisotopic (exact) mass is 243 g/mol. The van der Waals surface area contributed by atoms with Crippen LogP contribution in [0.2, 0.25) is 0 Å². The maximum Gasteiger partial charge on any atom is 0.350 e. The zero-order valence-electron chi connectivity index (χ0n) is 7.69. The van der Waals surface area contributed by atoms with E-state index in [4.69, 9.17) is 5.73 Å². The van der Waals surface area contributed by atoms with E-state index in [1.165, 1.54) is 0 Å². The number of nitrogens with one attached hydrogen (secondary N) is 1. The molecule has 9 heteroatoms. The average Bonchev–Trinajstić information content (AvgIpc) is 2.17. The third-order valence-electron chi connectivity index (χ3n) is 2.07. The number of amides is 1. The number of nitrogens with zero attached hydrogens (tertiary/aromatic N) is 1. The maximum absolute atomic E-state index is 12.2. The van der Waals surface area contributed by atoms with E-state index in [9.17, 15) is 22.0 Å². The molecule has 88 valence electrons. The lowest BCUT2D eigenvalue weighted by atomic mass is 10.2. The molecule has 0 aromatic rings. The fraction of sp³-hybridized carbons (Fsp3) is 0.833. The van der Waals surface area contributed by atoms with E-state index < -0.39 is 27.7 Å². The second-order valence-corrected chi connectivity index (χ2v) is 4.89. The van der Waals surface area contributed by atoms with E-state index in [1.54, 1.807) is 0 Å². The highest BCUT2D eigenvalue weighted by Gasteiger charge is 2.40. The van der Waals surface area contributed by atoms with E-state index in [0.29, 0.717) is 4.31 Å². The van der Waals surface area contributed by atoms with Gasteiger partial charge < -0.3 is 11.1 Å². The Balaban J connectivity index is 2.95. The van der Waals surface area contributed by atoms with Crippen molar-refractivity contribution in [3.8, 4) is 0 Å². The van der Waals surface area contributed by atoms with Crippen molar-refractivity contribution in [1.29, 1.82) is 0 Å². The number of carbonyl (C=O) groups excluding carboxylic acids is 1. The van der Waals surface area contributed by atoms with Crippen LogP contribution in [-0.2, 0) is 14.8 Å². The summed E-state index contributed by atoms with van der Waals surface area (Å²) in [6.07, 6.45) is 0. The van der Waals surface area contributed by atoms with Gasteiger partial charge in [-0.05, 0) is 0 Å². The number of piperazine rings is 1. The molecule has 1 heterocycles. The molecular weight excluding hydrogens is 232 g/mol. The number of carbonyl (C=O) groups is 1. The number of sulfonamides is 1. The first-order chi connectivity index (χ1) is 6.87. The molecule has 1 saturated heterocycles. The molecule has 6 nitrogen and oxygen atoms in total. The molecule has 1 rings (SSSR count). The summed E-state index contributed by atoms with van der Waals surface area (Å²) in [5.74, 6) is -4.47. The van der Waals surface area contributed by atoms with Crippen LogP contribution >= 0.6 is 0 Å². The number of nitrogens with two attached hydrogens (primary N) is 1. The molecule has 1 aliphatic heterocycles. The van der Waals surface area contributed by atoms with Gasteiger partial charge in [0.2, 0.25) is 5.91 Å². The molecule has 0 spiro atoms. The quantitative estimate of drug-likeness (QED) is 0.618. The predicted molar refractivity (Wildman–Crippen MR) is 47.5 cm³/mol. The maximum atomic E-state index is 12.2. The van der Waals surface area contributed by atoms with Crippen LogP contribution in [0.25, 0.3) is 0 Å². The Hall–Kier alpha value is -0.800. The number of hydrogen-bond acceptors (Lipinski definition) is 4. The highest BCUT2D eigenvalue weighted by molar-refractivity contribution is 7.89. The molecule has 1 amide bonds. The third kappa shape index (κ3) is 2.41. The van der Waals surface area contributed by atoms with Gasteiger partial charge in [0.05, 0.1) is 0 Å². The molecular formula is C6H11F2N3O3S. The van der Waals surface area contributed by atoms with Crippen LogP contribution in [0.5, 0.6) is 0 Å². The van der Waals surface area contributed by atoms with Gasteiger partial charge in [-0.15, -0.1) is 0 Å². The van der Waals surface area contributed by atoms with Crippen LogP contribution in [0.1, 0.15) is 0 Å². The van der Waals surface area contributed by atoms with E-state index >= 15 is 0 Å². The summed E-state index contributed by atoms with van der Waals surface area (Å²) in [5.41, 5.74) is 4.92. The van der Waals surface area contributed by atoms with Crippen LogP contribution in [0.3, 0.4) is 0 Å². The SMILES string of the molecule is NC(=O)C1CNCCN1S(=O)(=O)C(F)F. The van der Waals surface area contributed by atoms with Crippen molar-refractivity contribution in [1.82, 2.24) is 9.62 Å². The summed E-state index contributed by atoms with van der Waals surface area (Å²) < 4.78 is 47.2. The van der Waals surface area contributed by atoms with Gasteiger partial charge in [-0.3, -0.25) is 4.79 Å². The van der Waals surface area contributed by atoms with E-state index in [-0.39, 0.29) is 19.6 Å². The van der Waals surface area contributed by atoms with Crippen molar-refractivity contribution < 1.29 is 22.0 Å². The van der Waals surface area contributed by atoms with Crippen LogP contribution in [0, 0.1) is 0 Å². The number of hydrogen-bond donors (Lipinski definition) is 2. The van der Waals surface area contributed by atoms with Gasteiger partial charge >= 0.3 is 5.76 Å². The molecule has 1 fully saturated rings. The minimum atomic E-state index is -4.73. The third-order valence-corrected chi connectivity index (χ3v) is 3.62. The van der Waals surface area contributed by atoms with Crippen LogP contribution < -0.4 is 11.1 Å². The minimum absolute atomic E-state index is 0.0404. The van der Waals surface area contributed by atoms with Crippen molar-refractivity contribution in [2.24, 2.45) is 5.73 Å². The Bertz CT molecular complexity index is 346. The van der Waals surface area contributed by atoms with Gasteiger partial charge in [0.15, 0.2) is 0 Å². The highest BCUT2D eigenvalue weighted by Crippen LogP contribution is 2.16. The Labute approximate surface area is 85.5 Å². The van der Waals surface area contributed by atoms with E-state index in [2.05, 4.69) is 5.32 Å². The van der Waals surface area contributed by atoms with Gasteiger partial charge in [-0.25, -0.2) is 8.42 Å². The topological polar surface area (TPSA) is 92.5 Å². The number of halogens is 2. The van der Waals surface area contributed by atoms with Gasteiger partial charge in [0, 0.05) is 19.6 Å². The summed E-state index contributed by atoms with van der Waals surface area (Å²) in [5, 5.41) is 2.71. The van der Waals surface area contributed by atoms with Gasteiger partial charge in [0.25, 0.3) is 10.0 Å². The summed E-state index contributed by atoms with van der Waals surface area (Å²) in [7, 11) is -4.73. The van der Waals surface area contributed by atoms with E-state index in [0.717, 1.165) is 0 Å². The van der Waals surface area contributed by atoms with Crippen LogP contribution in [0.15, 0.2) is 0 Å². The van der Waals surface area contributed by atoms with Gasteiger partial charge in [-0.1, -0.05) is 0 Å². The standard InChI is InChI=1S/C6H11F2N3O3S/c7-6(8)15(13,14)11-2-1-10-3-4(11)5(9)12/h4,6,10H,1-3H2,(H2,9,12). The molecule has 1 atom stereocenters. The van der Waals surface area contributed by atoms with Crippen molar-refractivity contribution in [2.45, 2.75) is 11.8 Å². The Morgan fingerprint density at radius 1 is 1.53 bits per heavy atom. The second kappa shape index (κ2) is 4.37. The molecule has 0 radical (unpaired) electrons. The number of rotatable bonds is 3. The molecule has 0 aromatic heterocycles. The van der Waals surface area contributed by atoms with Crippen LogP contribution in [-0.4, -0.2) is 50.1 Å². The smallest absolute Gasteiger partial charge is 0.350 e. The normalized spacial score (nSPS) is 24.3. The van der Waals surface area contributed by atoms with E-state index in [1.807, 2.05) is 0 Å². The van der Waals surface area contributed by atoms with Gasteiger partial charge in [-0.2, -0.15) is 13.1 Å².